The fourth-order valence-corrected chi connectivity index (χ4v) is 4.56. The Bertz CT molecular complexity index is 471. The summed E-state index contributed by atoms with van der Waals surface area (Å²) in [6.45, 7) is 6.14. The van der Waals surface area contributed by atoms with Gasteiger partial charge < -0.3 is 9.84 Å². The van der Waals surface area contributed by atoms with Crippen molar-refractivity contribution in [1.82, 2.24) is 9.88 Å². The third-order valence-corrected chi connectivity index (χ3v) is 5.89. The number of aliphatic hydroxyl groups is 1. The van der Waals surface area contributed by atoms with Crippen molar-refractivity contribution in [3.05, 3.63) is 16.1 Å². The topological polar surface area (TPSA) is 45.6 Å². The minimum absolute atomic E-state index is 0.188. The third-order valence-electron chi connectivity index (χ3n) is 4.90. The Balaban J connectivity index is 1.68. The number of rotatable bonds is 5. The molecule has 2 heterocycles. The quantitative estimate of drug-likeness (QED) is 0.900. The molecule has 0 spiro atoms. The molecular formula is C17H28N2O2S. The van der Waals surface area contributed by atoms with Gasteiger partial charge in [-0.1, -0.05) is 12.8 Å². The Hall–Kier alpha value is -0.490. The van der Waals surface area contributed by atoms with Crippen molar-refractivity contribution in [2.24, 2.45) is 0 Å². The molecule has 0 bridgehead atoms. The Morgan fingerprint density at radius 1 is 1.32 bits per heavy atom. The lowest BCUT2D eigenvalue weighted by atomic mass is 9.90. The van der Waals surface area contributed by atoms with E-state index in [0.717, 1.165) is 56.0 Å². The Morgan fingerprint density at radius 3 is 2.82 bits per heavy atom. The first-order valence-electron chi connectivity index (χ1n) is 8.65. The second-order valence-corrected chi connectivity index (χ2v) is 7.75. The summed E-state index contributed by atoms with van der Waals surface area (Å²) in [6, 6.07) is 0.701. The van der Waals surface area contributed by atoms with Gasteiger partial charge in [0.2, 0.25) is 0 Å². The molecule has 3 atom stereocenters. The molecule has 2 fully saturated rings. The van der Waals surface area contributed by atoms with E-state index >= 15 is 0 Å². The van der Waals surface area contributed by atoms with Gasteiger partial charge in [-0.25, -0.2) is 4.98 Å². The van der Waals surface area contributed by atoms with Crippen LogP contribution < -0.4 is 0 Å². The first-order chi connectivity index (χ1) is 10.6. The fraction of sp³-hybridized carbons (Fsp3) is 0.824. The molecule has 0 unspecified atom stereocenters. The zero-order valence-corrected chi connectivity index (χ0v) is 14.5. The van der Waals surface area contributed by atoms with Crippen LogP contribution in [0.3, 0.4) is 0 Å². The summed E-state index contributed by atoms with van der Waals surface area (Å²) in [5.41, 5.74) is 1.13. The number of ether oxygens (including phenoxy) is 1. The van der Waals surface area contributed by atoms with Crippen molar-refractivity contribution in [1.29, 1.82) is 0 Å². The maximum absolute atomic E-state index is 10.4. The predicted molar refractivity (Wildman–Crippen MR) is 89.0 cm³/mol. The summed E-state index contributed by atoms with van der Waals surface area (Å²) in [7, 11) is 0. The van der Waals surface area contributed by atoms with Gasteiger partial charge in [0.15, 0.2) is 0 Å². The van der Waals surface area contributed by atoms with Crippen LogP contribution in [-0.4, -0.2) is 39.8 Å². The van der Waals surface area contributed by atoms with E-state index in [1.165, 1.54) is 6.42 Å². The summed E-state index contributed by atoms with van der Waals surface area (Å²) in [5, 5.41) is 13.7. The lowest BCUT2D eigenvalue weighted by molar-refractivity contribution is -0.000194. The number of thiazole rings is 1. The van der Waals surface area contributed by atoms with Crippen LogP contribution in [0.1, 0.15) is 69.2 Å². The molecule has 1 aromatic rings. The van der Waals surface area contributed by atoms with E-state index in [4.69, 9.17) is 9.72 Å². The van der Waals surface area contributed by atoms with Crippen LogP contribution in [0, 0.1) is 0 Å². The highest BCUT2D eigenvalue weighted by atomic mass is 32.1. The van der Waals surface area contributed by atoms with Crippen molar-refractivity contribution in [3.63, 3.8) is 0 Å². The molecule has 1 aromatic heterocycles. The molecule has 1 saturated carbocycles. The van der Waals surface area contributed by atoms with Crippen LogP contribution in [0.5, 0.6) is 0 Å². The molecule has 0 aromatic carbocycles. The maximum Gasteiger partial charge on any atom is 0.122 e. The molecular weight excluding hydrogens is 296 g/mol. The SMILES string of the molecule is CC(C)N(Cc1csc([C@@H]2CCCO2)n1)[C@H]1CCCC[C@@H]1O. The summed E-state index contributed by atoms with van der Waals surface area (Å²) < 4.78 is 5.73. The van der Waals surface area contributed by atoms with E-state index in [9.17, 15) is 5.11 Å². The Kier molecular flexibility index (Phi) is 5.50. The Labute approximate surface area is 137 Å². The number of aliphatic hydroxyl groups excluding tert-OH is 1. The van der Waals surface area contributed by atoms with Gasteiger partial charge >= 0.3 is 0 Å². The van der Waals surface area contributed by atoms with E-state index in [1.807, 2.05) is 0 Å². The van der Waals surface area contributed by atoms with Crippen LogP contribution in [-0.2, 0) is 11.3 Å². The van der Waals surface area contributed by atoms with Gasteiger partial charge in [-0.15, -0.1) is 11.3 Å². The molecule has 3 rings (SSSR count). The lowest BCUT2D eigenvalue weighted by Gasteiger charge is -2.39. The Morgan fingerprint density at radius 2 is 2.14 bits per heavy atom. The predicted octanol–water partition coefficient (Wildman–Crippen LogP) is 3.51. The molecule has 1 N–H and O–H groups in total. The van der Waals surface area contributed by atoms with Crippen LogP contribution in [0.2, 0.25) is 0 Å². The van der Waals surface area contributed by atoms with Gasteiger partial charge in [-0.3, -0.25) is 4.90 Å². The first-order valence-corrected chi connectivity index (χ1v) is 9.53. The largest absolute Gasteiger partial charge is 0.391 e. The van der Waals surface area contributed by atoms with E-state index < -0.39 is 0 Å². The van der Waals surface area contributed by atoms with Crippen molar-refractivity contribution < 1.29 is 9.84 Å². The van der Waals surface area contributed by atoms with Crippen molar-refractivity contribution in [3.8, 4) is 0 Å². The highest BCUT2D eigenvalue weighted by Gasteiger charge is 2.31. The molecule has 1 aliphatic carbocycles. The van der Waals surface area contributed by atoms with Crippen molar-refractivity contribution in [2.45, 2.75) is 83.2 Å². The highest BCUT2D eigenvalue weighted by molar-refractivity contribution is 7.09. The maximum atomic E-state index is 10.4. The van der Waals surface area contributed by atoms with E-state index in [2.05, 4.69) is 24.1 Å². The minimum Gasteiger partial charge on any atom is -0.391 e. The van der Waals surface area contributed by atoms with Crippen LogP contribution in [0.4, 0.5) is 0 Å². The first kappa shape index (κ1) is 16.4. The zero-order valence-electron chi connectivity index (χ0n) is 13.7. The monoisotopic (exact) mass is 324 g/mol. The summed E-state index contributed by atoms with van der Waals surface area (Å²) >= 11 is 1.72. The summed E-state index contributed by atoms with van der Waals surface area (Å²) in [6.07, 6.45) is 6.69. The summed E-state index contributed by atoms with van der Waals surface area (Å²) in [5.74, 6) is 0. The molecule has 0 amide bonds. The van der Waals surface area contributed by atoms with E-state index in [1.54, 1.807) is 11.3 Å². The zero-order chi connectivity index (χ0) is 15.5. The summed E-state index contributed by atoms with van der Waals surface area (Å²) in [4.78, 5) is 7.23. The van der Waals surface area contributed by atoms with E-state index in [0.29, 0.717) is 6.04 Å². The molecule has 5 heteroatoms. The normalized spacial score (nSPS) is 29.6. The van der Waals surface area contributed by atoms with Gasteiger partial charge in [-0.05, 0) is 39.5 Å². The average Bonchev–Trinajstić information content (AvgIpc) is 3.16. The van der Waals surface area contributed by atoms with Gasteiger partial charge in [0.25, 0.3) is 0 Å². The van der Waals surface area contributed by atoms with Gasteiger partial charge in [0.1, 0.15) is 11.1 Å². The molecule has 22 heavy (non-hydrogen) atoms. The van der Waals surface area contributed by atoms with Crippen molar-refractivity contribution in [2.75, 3.05) is 6.61 Å². The highest BCUT2D eigenvalue weighted by Crippen LogP contribution is 2.32. The molecule has 4 nitrogen and oxygen atoms in total. The van der Waals surface area contributed by atoms with Gasteiger partial charge in [-0.2, -0.15) is 0 Å². The molecule has 1 aliphatic heterocycles. The lowest BCUT2D eigenvalue weighted by Crippen LogP contribution is -2.48. The molecule has 124 valence electrons. The number of nitrogens with zero attached hydrogens (tertiary/aromatic N) is 2. The van der Waals surface area contributed by atoms with Crippen molar-refractivity contribution >= 4 is 11.3 Å². The van der Waals surface area contributed by atoms with Crippen LogP contribution in [0.25, 0.3) is 0 Å². The fourth-order valence-electron chi connectivity index (χ4n) is 3.66. The minimum atomic E-state index is -0.188. The number of hydrogen-bond donors (Lipinski definition) is 1. The second-order valence-electron chi connectivity index (χ2n) is 6.86. The molecule has 2 aliphatic rings. The number of aromatic nitrogens is 1. The standard InChI is InChI=1S/C17H28N2O2S/c1-12(2)19(14-6-3-4-7-15(14)20)10-13-11-22-17(18-13)16-8-5-9-21-16/h11-12,14-16,20H,3-10H2,1-2H3/t14-,15-,16-/m0/s1. The number of hydrogen-bond acceptors (Lipinski definition) is 5. The average molecular weight is 324 g/mol. The van der Waals surface area contributed by atoms with Crippen LogP contribution in [0.15, 0.2) is 5.38 Å². The molecule has 1 saturated heterocycles. The third kappa shape index (κ3) is 3.70. The smallest absolute Gasteiger partial charge is 0.122 e. The molecule has 0 radical (unpaired) electrons. The van der Waals surface area contributed by atoms with Crippen LogP contribution >= 0.6 is 11.3 Å². The van der Waals surface area contributed by atoms with Gasteiger partial charge in [0, 0.05) is 30.6 Å². The van der Waals surface area contributed by atoms with Gasteiger partial charge in [0.05, 0.1) is 11.8 Å². The van der Waals surface area contributed by atoms with E-state index in [-0.39, 0.29) is 18.2 Å². The second kappa shape index (κ2) is 7.39.